The molecule has 0 saturated carbocycles. The van der Waals surface area contributed by atoms with E-state index in [9.17, 15) is 0 Å². The molecule has 1 aromatic carbocycles. The minimum Gasteiger partial charge on any atom is -0.451 e. The lowest BCUT2D eigenvalue weighted by molar-refractivity contribution is 0.473. The first-order valence-electron chi connectivity index (χ1n) is 7.60. The average Bonchev–Trinajstić information content (AvgIpc) is 2.53. The molecule has 4 nitrogen and oxygen atoms in total. The largest absolute Gasteiger partial charge is 0.451 e. The van der Waals surface area contributed by atoms with E-state index in [4.69, 9.17) is 4.74 Å². The third-order valence-electron chi connectivity index (χ3n) is 4.04. The number of fused-ring (bicyclic) bond motifs is 2. The predicted molar refractivity (Wildman–Crippen MR) is 91.0 cm³/mol. The van der Waals surface area contributed by atoms with Crippen LogP contribution in [0.15, 0.2) is 48.9 Å². The molecule has 23 heavy (non-hydrogen) atoms. The highest BCUT2D eigenvalue weighted by atomic mass is 16.5. The molecule has 0 aliphatic carbocycles. The van der Waals surface area contributed by atoms with E-state index in [2.05, 4.69) is 47.8 Å². The van der Waals surface area contributed by atoms with Crippen LogP contribution in [0.4, 0.5) is 17.2 Å². The number of aromatic nitrogens is 2. The SMILES string of the molecule is Cc1cc(C)c(N2c3cnccc3Oc3cccnc32)c(C)c1. The summed E-state index contributed by atoms with van der Waals surface area (Å²) in [6.07, 6.45) is 5.36. The molecule has 4 heteroatoms. The maximum atomic E-state index is 5.99. The minimum absolute atomic E-state index is 0.755. The van der Waals surface area contributed by atoms with Crippen molar-refractivity contribution in [3.63, 3.8) is 0 Å². The van der Waals surface area contributed by atoms with Crippen LogP contribution in [0, 0.1) is 20.8 Å². The van der Waals surface area contributed by atoms with Crippen molar-refractivity contribution in [2.75, 3.05) is 4.90 Å². The maximum absolute atomic E-state index is 5.99. The number of pyridine rings is 2. The lowest BCUT2D eigenvalue weighted by atomic mass is 10.0. The van der Waals surface area contributed by atoms with Gasteiger partial charge in [0.25, 0.3) is 0 Å². The zero-order valence-electron chi connectivity index (χ0n) is 13.4. The zero-order chi connectivity index (χ0) is 16.0. The van der Waals surface area contributed by atoms with Gasteiger partial charge in [-0.2, -0.15) is 0 Å². The van der Waals surface area contributed by atoms with Crippen molar-refractivity contribution in [2.24, 2.45) is 0 Å². The third-order valence-corrected chi connectivity index (χ3v) is 4.04. The lowest BCUT2D eigenvalue weighted by Gasteiger charge is -2.33. The van der Waals surface area contributed by atoms with Crippen LogP contribution in [0.25, 0.3) is 0 Å². The van der Waals surface area contributed by atoms with E-state index in [-0.39, 0.29) is 0 Å². The standard InChI is InChI=1S/C19H17N3O/c1-12-9-13(2)18(14(3)10-12)22-15-11-20-8-6-16(15)23-17-5-4-7-21-19(17)22/h4-11H,1-3H3. The second-order valence-corrected chi connectivity index (χ2v) is 5.85. The van der Waals surface area contributed by atoms with Crippen molar-refractivity contribution in [2.45, 2.75) is 20.8 Å². The van der Waals surface area contributed by atoms with Gasteiger partial charge < -0.3 is 4.74 Å². The second-order valence-electron chi connectivity index (χ2n) is 5.85. The highest BCUT2D eigenvalue weighted by molar-refractivity contribution is 5.86. The van der Waals surface area contributed by atoms with Gasteiger partial charge in [-0.05, 0) is 44.0 Å². The zero-order valence-corrected chi connectivity index (χ0v) is 13.4. The van der Waals surface area contributed by atoms with Gasteiger partial charge in [0.2, 0.25) is 0 Å². The molecule has 0 saturated heterocycles. The van der Waals surface area contributed by atoms with Crippen molar-refractivity contribution < 1.29 is 4.74 Å². The summed E-state index contributed by atoms with van der Waals surface area (Å²) in [5, 5.41) is 0. The molecule has 3 aromatic rings. The van der Waals surface area contributed by atoms with E-state index in [1.807, 2.05) is 24.4 Å². The van der Waals surface area contributed by atoms with E-state index in [0.717, 1.165) is 28.7 Å². The molecule has 0 amide bonds. The van der Waals surface area contributed by atoms with Crippen molar-refractivity contribution in [1.82, 2.24) is 9.97 Å². The van der Waals surface area contributed by atoms with Crippen molar-refractivity contribution >= 4 is 17.2 Å². The second kappa shape index (κ2) is 5.09. The Morgan fingerprint density at radius 3 is 2.52 bits per heavy atom. The Labute approximate surface area is 135 Å². The molecule has 3 heterocycles. The molecule has 0 bridgehead atoms. The number of hydrogen-bond donors (Lipinski definition) is 0. The van der Waals surface area contributed by atoms with E-state index in [1.165, 1.54) is 16.7 Å². The maximum Gasteiger partial charge on any atom is 0.181 e. The van der Waals surface area contributed by atoms with E-state index in [1.54, 1.807) is 12.4 Å². The Balaban J connectivity index is 2.02. The Kier molecular flexibility index (Phi) is 3.05. The Hall–Kier alpha value is -2.88. The summed E-state index contributed by atoms with van der Waals surface area (Å²) in [4.78, 5) is 11.0. The van der Waals surface area contributed by atoms with Gasteiger partial charge in [-0.15, -0.1) is 0 Å². The fourth-order valence-corrected chi connectivity index (χ4v) is 3.24. The summed E-state index contributed by atoms with van der Waals surface area (Å²) in [6.45, 7) is 6.37. The summed E-state index contributed by atoms with van der Waals surface area (Å²) >= 11 is 0. The minimum atomic E-state index is 0.755. The predicted octanol–water partition coefficient (Wildman–Crippen LogP) is 4.98. The average molecular weight is 303 g/mol. The fourth-order valence-electron chi connectivity index (χ4n) is 3.24. The Morgan fingerprint density at radius 2 is 1.74 bits per heavy atom. The van der Waals surface area contributed by atoms with E-state index >= 15 is 0 Å². The first-order valence-corrected chi connectivity index (χ1v) is 7.60. The van der Waals surface area contributed by atoms with Crippen LogP contribution in [-0.2, 0) is 0 Å². The lowest BCUT2D eigenvalue weighted by Crippen LogP contribution is -2.19. The van der Waals surface area contributed by atoms with Crippen molar-refractivity contribution in [1.29, 1.82) is 0 Å². The van der Waals surface area contributed by atoms with Gasteiger partial charge in [0, 0.05) is 18.5 Å². The van der Waals surface area contributed by atoms with Crippen LogP contribution in [-0.4, -0.2) is 9.97 Å². The molecule has 0 spiro atoms. The molecule has 1 aliphatic rings. The van der Waals surface area contributed by atoms with E-state index in [0.29, 0.717) is 0 Å². The molecule has 114 valence electrons. The van der Waals surface area contributed by atoms with Gasteiger partial charge in [0.05, 0.1) is 11.9 Å². The summed E-state index contributed by atoms with van der Waals surface area (Å²) in [5.74, 6) is 2.34. The highest BCUT2D eigenvalue weighted by Gasteiger charge is 2.28. The molecule has 2 aromatic heterocycles. The molecule has 1 aliphatic heterocycles. The molecule has 0 atom stereocenters. The smallest absolute Gasteiger partial charge is 0.181 e. The van der Waals surface area contributed by atoms with Crippen LogP contribution in [0.5, 0.6) is 11.5 Å². The molecular weight excluding hydrogens is 286 g/mol. The van der Waals surface area contributed by atoms with E-state index < -0.39 is 0 Å². The molecule has 4 rings (SSSR count). The van der Waals surface area contributed by atoms with Gasteiger partial charge >= 0.3 is 0 Å². The summed E-state index contributed by atoms with van der Waals surface area (Å²) in [6, 6.07) is 10.1. The number of nitrogens with zero attached hydrogens (tertiary/aromatic N) is 3. The van der Waals surface area contributed by atoms with Crippen LogP contribution in [0.1, 0.15) is 16.7 Å². The molecule has 0 radical (unpaired) electrons. The van der Waals surface area contributed by atoms with Crippen LogP contribution in [0.3, 0.4) is 0 Å². The van der Waals surface area contributed by atoms with Gasteiger partial charge in [-0.3, -0.25) is 9.88 Å². The Morgan fingerprint density at radius 1 is 0.957 bits per heavy atom. The number of anilines is 3. The van der Waals surface area contributed by atoms with Crippen molar-refractivity contribution in [3.05, 3.63) is 65.6 Å². The third kappa shape index (κ3) is 2.14. The summed E-state index contributed by atoms with van der Waals surface area (Å²) < 4.78 is 5.99. The molecule has 0 fully saturated rings. The number of ether oxygens (including phenoxy) is 1. The van der Waals surface area contributed by atoms with Crippen LogP contribution in [0.2, 0.25) is 0 Å². The van der Waals surface area contributed by atoms with Gasteiger partial charge in [0.15, 0.2) is 17.3 Å². The van der Waals surface area contributed by atoms with Crippen LogP contribution < -0.4 is 9.64 Å². The number of rotatable bonds is 1. The number of aryl methyl sites for hydroxylation is 3. The molecule has 0 unspecified atom stereocenters. The highest BCUT2D eigenvalue weighted by Crippen LogP contribution is 2.50. The molecular formula is C19H17N3O. The fraction of sp³-hybridized carbons (Fsp3) is 0.158. The van der Waals surface area contributed by atoms with Crippen molar-refractivity contribution in [3.8, 4) is 11.5 Å². The first-order chi connectivity index (χ1) is 11.1. The topological polar surface area (TPSA) is 38.2 Å². The number of benzene rings is 1. The first kappa shape index (κ1) is 13.8. The van der Waals surface area contributed by atoms with Gasteiger partial charge in [-0.1, -0.05) is 17.7 Å². The summed E-state index contributed by atoms with van der Waals surface area (Å²) in [5.41, 5.74) is 5.71. The number of hydrogen-bond acceptors (Lipinski definition) is 4. The Bertz CT molecular complexity index is 836. The molecule has 0 N–H and O–H groups in total. The van der Waals surface area contributed by atoms with Crippen LogP contribution >= 0.6 is 0 Å². The summed E-state index contributed by atoms with van der Waals surface area (Å²) in [7, 11) is 0. The normalized spacial score (nSPS) is 12.4. The van der Waals surface area contributed by atoms with Gasteiger partial charge in [-0.25, -0.2) is 4.98 Å². The quantitative estimate of drug-likeness (QED) is 0.497. The van der Waals surface area contributed by atoms with Gasteiger partial charge in [0.1, 0.15) is 5.69 Å². The monoisotopic (exact) mass is 303 g/mol.